The van der Waals surface area contributed by atoms with Crippen molar-refractivity contribution in [1.29, 1.82) is 5.26 Å². The van der Waals surface area contributed by atoms with E-state index in [0.717, 1.165) is 32.3 Å². The smallest absolute Gasteiger partial charge is 0.227 e. The highest BCUT2D eigenvalue weighted by Gasteiger charge is 2.30. The Labute approximate surface area is 153 Å². The molecule has 0 radical (unpaired) electrons. The molecule has 1 saturated carbocycles. The van der Waals surface area contributed by atoms with Gasteiger partial charge in [0.15, 0.2) is 0 Å². The van der Waals surface area contributed by atoms with Crippen molar-refractivity contribution in [2.24, 2.45) is 11.8 Å². The second kappa shape index (κ2) is 8.81. The Kier molecular flexibility index (Phi) is 6.24. The average molecular weight is 355 g/mol. The quantitative estimate of drug-likeness (QED) is 0.849. The fourth-order valence-electron chi connectivity index (χ4n) is 3.69. The number of carbonyl (C=O) groups excluding carboxylic acids is 2. The largest absolute Gasteiger partial charge is 0.376 e. The zero-order chi connectivity index (χ0) is 18.4. The summed E-state index contributed by atoms with van der Waals surface area (Å²) in [6.45, 7) is 1.38. The molecule has 6 nitrogen and oxygen atoms in total. The van der Waals surface area contributed by atoms with Crippen molar-refractivity contribution in [3.8, 4) is 6.07 Å². The van der Waals surface area contributed by atoms with E-state index in [0.29, 0.717) is 30.6 Å². The number of nitriles is 1. The maximum absolute atomic E-state index is 12.4. The Balaban J connectivity index is 1.43. The monoisotopic (exact) mass is 355 g/mol. The number of nitrogens with one attached hydrogen (secondary N) is 2. The predicted molar refractivity (Wildman–Crippen MR) is 97.2 cm³/mol. The summed E-state index contributed by atoms with van der Waals surface area (Å²) in [5.41, 5.74) is 1.17. The first kappa shape index (κ1) is 18.4. The molecule has 2 N–H and O–H groups in total. The maximum atomic E-state index is 12.4. The normalized spacial score (nSPS) is 25.3. The van der Waals surface area contributed by atoms with Crippen LogP contribution in [-0.2, 0) is 14.3 Å². The van der Waals surface area contributed by atoms with Crippen LogP contribution in [0.15, 0.2) is 24.3 Å². The Hall–Kier alpha value is -2.39. The van der Waals surface area contributed by atoms with Crippen LogP contribution in [0, 0.1) is 23.2 Å². The number of amides is 2. The first-order valence-electron chi connectivity index (χ1n) is 9.36. The fraction of sp³-hybridized carbons (Fsp3) is 0.550. The van der Waals surface area contributed by atoms with E-state index in [1.165, 1.54) is 0 Å². The summed E-state index contributed by atoms with van der Waals surface area (Å²) in [5, 5.41) is 14.8. The molecule has 26 heavy (non-hydrogen) atoms. The summed E-state index contributed by atoms with van der Waals surface area (Å²) >= 11 is 0. The number of carbonyl (C=O) groups is 2. The summed E-state index contributed by atoms with van der Waals surface area (Å²) in [6, 6.07) is 8.97. The number of rotatable bonds is 5. The molecule has 2 fully saturated rings. The highest BCUT2D eigenvalue weighted by molar-refractivity contribution is 5.93. The van der Waals surface area contributed by atoms with Crippen LogP contribution in [0.25, 0.3) is 0 Å². The minimum atomic E-state index is -0.0806. The van der Waals surface area contributed by atoms with Gasteiger partial charge in [-0.3, -0.25) is 9.59 Å². The van der Waals surface area contributed by atoms with Crippen molar-refractivity contribution in [1.82, 2.24) is 5.32 Å². The van der Waals surface area contributed by atoms with Crippen molar-refractivity contribution in [3.05, 3.63) is 29.8 Å². The van der Waals surface area contributed by atoms with Gasteiger partial charge in [0, 0.05) is 30.7 Å². The van der Waals surface area contributed by atoms with Gasteiger partial charge in [0.05, 0.1) is 17.7 Å². The van der Waals surface area contributed by atoms with E-state index in [2.05, 4.69) is 16.7 Å². The molecular formula is C20H25N3O3. The van der Waals surface area contributed by atoms with Gasteiger partial charge >= 0.3 is 0 Å². The van der Waals surface area contributed by atoms with Gasteiger partial charge in [-0.05, 0) is 56.7 Å². The van der Waals surface area contributed by atoms with E-state index in [1.54, 1.807) is 24.3 Å². The molecule has 1 heterocycles. The minimum Gasteiger partial charge on any atom is -0.376 e. The molecular weight excluding hydrogens is 330 g/mol. The number of nitrogens with zero attached hydrogens (tertiary/aromatic N) is 1. The van der Waals surface area contributed by atoms with Crippen LogP contribution < -0.4 is 10.6 Å². The lowest BCUT2D eigenvalue weighted by atomic mass is 9.81. The standard InChI is InChI=1S/C20H25N3O3/c21-12-14-3-1-4-17(11-14)23-20(25)16-8-6-15(7-9-16)19(24)22-13-18-5-2-10-26-18/h1,3-4,11,15-16,18H,2,5-10,13H2,(H,22,24)(H,23,25). The second-order valence-electron chi connectivity index (χ2n) is 7.11. The van der Waals surface area contributed by atoms with E-state index in [-0.39, 0.29) is 29.8 Å². The number of hydrogen-bond donors (Lipinski definition) is 2. The van der Waals surface area contributed by atoms with Gasteiger partial charge in [0.25, 0.3) is 0 Å². The molecule has 2 aliphatic rings. The third kappa shape index (κ3) is 4.83. The average Bonchev–Trinajstić information content (AvgIpc) is 3.20. The number of anilines is 1. The summed E-state index contributed by atoms with van der Waals surface area (Å²) in [7, 11) is 0. The molecule has 6 heteroatoms. The minimum absolute atomic E-state index is 0.0117. The number of benzene rings is 1. The molecule has 138 valence electrons. The molecule has 1 saturated heterocycles. The lowest BCUT2D eigenvalue weighted by Crippen LogP contribution is -2.38. The summed E-state index contributed by atoms with van der Waals surface area (Å²) in [5.74, 6) is -0.0373. The molecule has 0 spiro atoms. The number of ether oxygens (including phenoxy) is 1. The van der Waals surface area contributed by atoms with E-state index in [9.17, 15) is 9.59 Å². The van der Waals surface area contributed by atoms with Gasteiger partial charge < -0.3 is 15.4 Å². The van der Waals surface area contributed by atoms with E-state index < -0.39 is 0 Å². The van der Waals surface area contributed by atoms with E-state index in [4.69, 9.17) is 10.00 Å². The SMILES string of the molecule is N#Cc1cccc(NC(=O)C2CCC(C(=O)NCC3CCCO3)CC2)c1. The van der Waals surface area contributed by atoms with Crippen LogP contribution in [0.1, 0.15) is 44.1 Å². The molecule has 3 rings (SSSR count). The van der Waals surface area contributed by atoms with Gasteiger partial charge in [-0.1, -0.05) is 6.07 Å². The Morgan fingerprint density at radius 3 is 2.50 bits per heavy atom. The van der Waals surface area contributed by atoms with Gasteiger partial charge in [0.2, 0.25) is 11.8 Å². The van der Waals surface area contributed by atoms with Crippen LogP contribution in [0.2, 0.25) is 0 Å². The van der Waals surface area contributed by atoms with Crippen LogP contribution >= 0.6 is 0 Å². The van der Waals surface area contributed by atoms with Crippen molar-refractivity contribution in [2.75, 3.05) is 18.5 Å². The van der Waals surface area contributed by atoms with Crippen LogP contribution in [0.4, 0.5) is 5.69 Å². The zero-order valence-electron chi connectivity index (χ0n) is 14.9. The molecule has 1 aromatic rings. The molecule has 2 amide bonds. The summed E-state index contributed by atoms with van der Waals surface area (Å²) in [4.78, 5) is 24.7. The third-order valence-electron chi connectivity index (χ3n) is 5.26. The molecule has 1 aliphatic carbocycles. The van der Waals surface area contributed by atoms with Crippen molar-refractivity contribution in [3.63, 3.8) is 0 Å². The van der Waals surface area contributed by atoms with Gasteiger partial charge in [-0.15, -0.1) is 0 Å². The molecule has 1 aliphatic heterocycles. The lowest BCUT2D eigenvalue weighted by molar-refractivity contribution is -0.128. The van der Waals surface area contributed by atoms with Crippen molar-refractivity contribution >= 4 is 17.5 Å². The highest BCUT2D eigenvalue weighted by atomic mass is 16.5. The van der Waals surface area contributed by atoms with Crippen LogP contribution in [0.3, 0.4) is 0 Å². The third-order valence-corrected chi connectivity index (χ3v) is 5.26. The topological polar surface area (TPSA) is 91.2 Å². The fourth-order valence-corrected chi connectivity index (χ4v) is 3.69. The first-order chi connectivity index (χ1) is 12.7. The number of hydrogen-bond acceptors (Lipinski definition) is 4. The second-order valence-corrected chi connectivity index (χ2v) is 7.11. The Morgan fingerprint density at radius 1 is 1.12 bits per heavy atom. The Morgan fingerprint density at radius 2 is 1.85 bits per heavy atom. The van der Waals surface area contributed by atoms with E-state index in [1.807, 2.05) is 0 Å². The predicted octanol–water partition coefficient (Wildman–Crippen LogP) is 2.60. The van der Waals surface area contributed by atoms with Gasteiger partial charge in [0.1, 0.15) is 0 Å². The molecule has 1 atom stereocenters. The highest BCUT2D eigenvalue weighted by Crippen LogP contribution is 2.30. The summed E-state index contributed by atoms with van der Waals surface area (Å²) < 4.78 is 5.52. The molecule has 1 aromatic carbocycles. The van der Waals surface area contributed by atoms with Gasteiger partial charge in [-0.25, -0.2) is 0 Å². The summed E-state index contributed by atoms with van der Waals surface area (Å²) in [6.07, 6.45) is 5.12. The molecule has 1 unspecified atom stereocenters. The zero-order valence-corrected chi connectivity index (χ0v) is 14.9. The lowest BCUT2D eigenvalue weighted by Gasteiger charge is -2.27. The van der Waals surface area contributed by atoms with Crippen molar-refractivity contribution < 1.29 is 14.3 Å². The first-order valence-corrected chi connectivity index (χ1v) is 9.36. The maximum Gasteiger partial charge on any atom is 0.227 e. The van der Waals surface area contributed by atoms with Crippen molar-refractivity contribution in [2.45, 2.75) is 44.6 Å². The van der Waals surface area contributed by atoms with Crippen LogP contribution in [0.5, 0.6) is 0 Å². The van der Waals surface area contributed by atoms with Gasteiger partial charge in [-0.2, -0.15) is 5.26 Å². The molecule has 0 bridgehead atoms. The Bertz CT molecular complexity index is 684. The molecule has 0 aromatic heterocycles. The van der Waals surface area contributed by atoms with E-state index >= 15 is 0 Å². The van der Waals surface area contributed by atoms with Crippen LogP contribution in [-0.4, -0.2) is 31.1 Å².